The minimum absolute atomic E-state index is 0.0619. The Hall–Kier alpha value is -1.82. The van der Waals surface area contributed by atoms with Crippen molar-refractivity contribution in [1.29, 1.82) is 0 Å². The van der Waals surface area contributed by atoms with Crippen molar-refractivity contribution in [3.63, 3.8) is 0 Å². The quantitative estimate of drug-likeness (QED) is 0.826. The van der Waals surface area contributed by atoms with Crippen LogP contribution >= 0.6 is 0 Å². The van der Waals surface area contributed by atoms with Gasteiger partial charge < -0.3 is 20.5 Å². The van der Waals surface area contributed by atoms with E-state index in [9.17, 15) is 9.18 Å². The molecule has 1 fully saturated rings. The second-order valence-electron chi connectivity index (χ2n) is 5.16. The molecule has 1 unspecified atom stereocenters. The number of rotatable bonds is 4. The number of anilines is 2. The third kappa shape index (κ3) is 3.19. The number of nitrogens with zero attached hydrogens (tertiary/aromatic N) is 1. The van der Waals surface area contributed by atoms with Crippen molar-refractivity contribution in [3.05, 3.63) is 23.5 Å². The zero-order valence-corrected chi connectivity index (χ0v) is 11.4. The van der Waals surface area contributed by atoms with E-state index in [2.05, 4.69) is 0 Å². The molecule has 1 aliphatic rings. The van der Waals surface area contributed by atoms with Crippen LogP contribution in [-0.2, 0) is 4.74 Å². The fraction of sp³-hybridized carbons (Fsp3) is 0.500. The molecule has 2 rings (SSSR count). The predicted molar refractivity (Wildman–Crippen MR) is 74.6 cm³/mol. The maximum absolute atomic E-state index is 14.0. The lowest BCUT2D eigenvalue weighted by Gasteiger charge is -2.28. The predicted octanol–water partition coefficient (Wildman–Crippen LogP) is 1.97. The third-order valence-corrected chi connectivity index (χ3v) is 3.55. The lowest BCUT2D eigenvalue weighted by Crippen LogP contribution is -2.31. The van der Waals surface area contributed by atoms with Gasteiger partial charge in [0.05, 0.1) is 17.9 Å². The standard InChI is InChI=1S/C14H19FN2O3/c1-17(7-9-3-2-4-20-8-9)13-5-10(14(18)19)12(16)6-11(13)15/h5-6,9H,2-4,7-8,16H2,1H3,(H,18,19). The van der Waals surface area contributed by atoms with Gasteiger partial charge in [-0.05, 0) is 30.9 Å². The Morgan fingerprint density at radius 2 is 2.35 bits per heavy atom. The van der Waals surface area contributed by atoms with E-state index in [0.717, 1.165) is 25.5 Å². The van der Waals surface area contributed by atoms with Gasteiger partial charge in [0.1, 0.15) is 5.82 Å². The first-order valence-electron chi connectivity index (χ1n) is 6.60. The number of hydrogen-bond acceptors (Lipinski definition) is 4. The monoisotopic (exact) mass is 282 g/mol. The van der Waals surface area contributed by atoms with E-state index in [-0.39, 0.29) is 16.9 Å². The van der Waals surface area contributed by atoms with Crippen LogP contribution in [0.1, 0.15) is 23.2 Å². The van der Waals surface area contributed by atoms with E-state index in [1.165, 1.54) is 6.07 Å². The van der Waals surface area contributed by atoms with Crippen LogP contribution < -0.4 is 10.6 Å². The normalized spacial score (nSPS) is 18.8. The van der Waals surface area contributed by atoms with E-state index in [4.69, 9.17) is 15.6 Å². The van der Waals surface area contributed by atoms with E-state index in [0.29, 0.717) is 19.1 Å². The molecular weight excluding hydrogens is 263 g/mol. The number of halogens is 1. The number of hydrogen-bond donors (Lipinski definition) is 2. The molecule has 1 aromatic rings. The average Bonchev–Trinajstić information content (AvgIpc) is 2.39. The second-order valence-corrected chi connectivity index (χ2v) is 5.16. The zero-order chi connectivity index (χ0) is 14.7. The third-order valence-electron chi connectivity index (χ3n) is 3.55. The highest BCUT2D eigenvalue weighted by atomic mass is 19.1. The van der Waals surface area contributed by atoms with Crippen LogP contribution in [0.5, 0.6) is 0 Å². The van der Waals surface area contributed by atoms with Gasteiger partial charge in [-0.3, -0.25) is 0 Å². The summed E-state index contributed by atoms with van der Waals surface area (Å²) in [5.41, 5.74) is 5.63. The van der Waals surface area contributed by atoms with Gasteiger partial charge in [-0.1, -0.05) is 0 Å². The topological polar surface area (TPSA) is 75.8 Å². The summed E-state index contributed by atoms with van der Waals surface area (Å²) in [6.45, 7) is 2.06. The summed E-state index contributed by atoms with van der Waals surface area (Å²) in [6, 6.07) is 2.35. The van der Waals surface area contributed by atoms with E-state index in [1.807, 2.05) is 0 Å². The maximum atomic E-state index is 14.0. The highest BCUT2D eigenvalue weighted by Gasteiger charge is 2.20. The average molecular weight is 282 g/mol. The van der Waals surface area contributed by atoms with E-state index >= 15 is 0 Å². The Labute approximate surface area is 117 Å². The fourth-order valence-electron chi connectivity index (χ4n) is 2.49. The summed E-state index contributed by atoms with van der Waals surface area (Å²) >= 11 is 0. The number of benzene rings is 1. The smallest absolute Gasteiger partial charge is 0.337 e. The number of aromatic carboxylic acids is 1. The molecule has 5 nitrogen and oxygen atoms in total. The molecule has 1 heterocycles. The van der Waals surface area contributed by atoms with Gasteiger partial charge in [0, 0.05) is 25.9 Å². The minimum Gasteiger partial charge on any atom is -0.478 e. The first-order valence-corrected chi connectivity index (χ1v) is 6.60. The Kier molecular flexibility index (Phi) is 4.44. The lowest BCUT2D eigenvalue weighted by molar-refractivity contribution is 0.0576. The number of carboxylic acid groups (broad SMARTS) is 1. The first kappa shape index (κ1) is 14.6. The number of carboxylic acids is 1. The molecule has 0 aliphatic carbocycles. The summed E-state index contributed by atoms with van der Waals surface area (Å²) in [6.07, 6.45) is 2.04. The van der Waals surface area contributed by atoms with E-state index < -0.39 is 11.8 Å². The summed E-state index contributed by atoms with van der Waals surface area (Å²) in [5.74, 6) is -1.33. The van der Waals surface area contributed by atoms with Gasteiger partial charge in [-0.15, -0.1) is 0 Å². The second kappa shape index (κ2) is 6.09. The van der Waals surface area contributed by atoms with Crippen molar-refractivity contribution in [2.75, 3.05) is 37.4 Å². The first-order chi connectivity index (χ1) is 9.49. The maximum Gasteiger partial charge on any atom is 0.337 e. The molecule has 1 saturated heterocycles. The van der Waals surface area contributed by atoms with Crippen LogP contribution in [0.3, 0.4) is 0 Å². The molecule has 0 saturated carbocycles. The molecule has 0 spiro atoms. The number of carbonyl (C=O) groups is 1. The highest BCUT2D eigenvalue weighted by molar-refractivity contribution is 5.95. The number of ether oxygens (including phenoxy) is 1. The number of nitrogens with two attached hydrogens (primary N) is 1. The van der Waals surface area contributed by atoms with Crippen LogP contribution in [0.15, 0.2) is 12.1 Å². The Bertz CT molecular complexity index is 501. The van der Waals surface area contributed by atoms with Gasteiger partial charge in [-0.25, -0.2) is 9.18 Å². The van der Waals surface area contributed by atoms with Crippen LogP contribution in [0.25, 0.3) is 0 Å². The molecule has 20 heavy (non-hydrogen) atoms. The number of nitrogen functional groups attached to an aromatic ring is 1. The molecule has 1 atom stereocenters. The fourth-order valence-corrected chi connectivity index (χ4v) is 2.49. The van der Waals surface area contributed by atoms with Crippen molar-refractivity contribution in [2.45, 2.75) is 12.8 Å². The van der Waals surface area contributed by atoms with Crippen molar-refractivity contribution in [2.24, 2.45) is 5.92 Å². The van der Waals surface area contributed by atoms with Gasteiger partial charge in [0.2, 0.25) is 0 Å². The lowest BCUT2D eigenvalue weighted by atomic mass is 10.0. The zero-order valence-electron chi connectivity index (χ0n) is 11.4. The van der Waals surface area contributed by atoms with Crippen LogP contribution in [0.4, 0.5) is 15.8 Å². The molecular formula is C14H19FN2O3. The molecule has 110 valence electrons. The summed E-state index contributed by atoms with van der Waals surface area (Å²) in [7, 11) is 1.74. The molecule has 0 bridgehead atoms. The molecule has 3 N–H and O–H groups in total. The molecule has 6 heteroatoms. The van der Waals surface area contributed by atoms with Crippen LogP contribution in [0, 0.1) is 11.7 Å². The Balaban J connectivity index is 2.17. The molecule has 0 radical (unpaired) electrons. The van der Waals surface area contributed by atoms with Gasteiger partial charge in [0.25, 0.3) is 0 Å². The van der Waals surface area contributed by atoms with Crippen molar-refractivity contribution < 1.29 is 19.0 Å². The van der Waals surface area contributed by atoms with Crippen LogP contribution in [-0.4, -0.2) is 37.9 Å². The minimum atomic E-state index is -1.15. The molecule has 1 aliphatic heterocycles. The summed E-state index contributed by atoms with van der Waals surface area (Å²) in [5, 5.41) is 9.04. The summed E-state index contributed by atoms with van der Waals surface area (Å²) < 4.78 is 19.3. The SMILES string of the molecule is CN(CC1CCCOC1)c1cc(C(=O)O)c(N)cc1F. The van der Waals surface area contributed by atoms with Crippen molar-refractivity contribution >= 4 is 17.3 Å². The van der Waals surface area contributed by atoms with Crippen molar-refractivity contribution in [3.8, 4) is 0 Å². The van der Waals surface area contributed by atoms with Gasteiger partial charge >= 0.3 is 5.97 Å². The highest BCUT2D eigenvalue weighted by Crippen LogP contribution is 2.26. The molecule has 0 aromatic heterocycles. The van der Waals surface area contributed by atoms with Gasteiger partial charge in [-0.2, -0.15) is 0 Å². The molecule has 1 aromatic carbocycles. The summed E-state index contributed by atoms with van der Waals surface area (Å²) in [4.78, 5) is 12.8. The van der Waals surface area contributed by atoms with Crippen molar-refractivity contribution in [1.82, 2.24) is 0 Å². The van der Waals surface area contributed by atoms with Gasteiger partial charge in [0.15, 0.2) is 0 Å². The Morgan fingerprint density at radius 1 is 1.60 bits per heavy atom. The van der Waals surface area contributed by atoms with Crippen LogP contribution in [0.2, 0.25) is 0 Å². The largest absolute Gasteiger partial charge is 0.478 e. The molecule has 0 amide bonds. The van der Waals surface area contributed by atoms with E-state index in [1.54, 1.807) is 11.9 Å². The Morgan fingerprint density at radius 3 is 2.95 bits per heavy atom.